The zero-order valence-corrected chi connectivity index (χ0v) is 17.8. The average Bonchev–Trinajstić information content (AvgIpc) is 2.77. The second-order valence-electron chi connectivity index (χ2n) is 7.47. The van der Waals surface area contributed by atoms with Crippen LogP contribution in [0.25, 0.3) is 6.08 Å². The van der Waals surface area contributed by atoms with E-state index in [2.05, 4.69) is 0 Å². The molecule has 0 spiro atoms. The minimum absolute atomic E-state index is 0.0146. The predicted molar refractivity (Wildman–Crippen MR) is 116 cm³/mol. The van der Waals surface area contributed by atoms with Gasteiger partial charge in [-0.3, -0.25) is 4.79 Å². The van der Waals surface area contributed by atoms with Gasteiger partial charge in [-0.05, 0) is 37.0 Å². The fourth-order valence-corrected chi connectivity index (χ4v) is 4.83. The Morgan fingerprint density at radius 3 is 2.17 bits per heavy atom. The van der Waals surface area contributed by atoms with Crippen molar-refractivity contribution in [3.05, 3.63) is 77.2 Å². The summed E-state index contributed by atoms with van der Waals surface area (Å²) >= 11 is 0. The van der Waals surface area contributed by atoms with E-state index in [0.717, 1.165) is 11.1 Å². The fourth-order valence-electron chi connectivity index (χ4n) is 3.61. The second kappa shape index (κ2) is 9.37. The summed E-state index contributed by atoms with van der Waals surface area (Å²) < 4.78 is 26.7. The molecule has 1 fully saturated rings. The lowest BCUT2D eigenvalue weighted by atomic mass is 9.95. The van der Waals surface area contributed by atoms with Crippen molar-refractivity contribution in [2.45, 2.75) is 25.8 Å². The van der Waals surface area contributed by atoms with Crippen LogP contribution in [0.2, 0.25) is 0 Å². The molecule has 1 heterocycles. The van der Waals surface area contributed by atoms with E-state index in [4.69, 9.17) is 0 Å². The average molecular weight is 413 g/mol. The Morgan fingerprint density at radius 2 is 1.59 bits per heavy atom. The quantitative estimate of drug-likeness (QED) is 0.723. The lowest BCUT2D eigenvalue weighted by molar-refractivity contribution is -0.137. The number of rotatable bonds is 6. The number of nitrogens with zero attached hydrogens (tertiary/aromatic N) is 2. The molecule has 1 amide bonds. The molecule has 0 saturated carbocycles. The molecule has 3 rings (SSSR count). The van der Waals surface area contributed by atoms with Gasteiger partial charge in [0.05, 0.1) is 6.04 Å². The maximum atomic E-state index is 12.9. The number of hydrogen-bond donors (Lipinski definition) is 0. The third-order valence-corrected chi connectivity index (χ3v) is 7.17. The number of sulfonamides is 1. The third-order valence-electron chi connectivity index (χ3n) is 5.61. The highest BCUT2D eigenvalue weighted by Gasteiger charge is 2.32. The standard InChI is InChI=1S/C23H28N2O3S/c1-19(21-11-7-4-8-12-21)24(2)23(26)22-13-16-25(17-14-22)29(27,28)18-15-20-9-5-3-6-10-20/h3-12,15,18-19,22H,13-14,16-17H2,1-2H3/b18-15+. The Labute approximate surface area is 173 Å². The summed E-state index contributed by atoms with van der Waals surface area (Å²) in [4.78, 5) is 14.7. The first-order valence-corrected chi connectivity index (χ1v) is 11.4. The van der Waals surface area contributed by atoms with Crippen molar-refractivity contribution < 1.29 is 13.2 Å². The molecule has 1 aliphatic rings. The Kier molecular flexibility index (Phi) is 6.87. The largest absolute Gasteiger partial charge is 0.339 e. The summed E-state index contributed by atoms with van der Waals surface area (Å²) in [6.45, 7) is 2.75. The summed E-state index contributed by atoms with van der Waals surface area (Å²) in [7, 11) is -1.66. The van der Waals surface area contributed by atoms with Crippen molar-refractivity contribution in [2.75, 3.05) is 20.1 Å². The maximum absolute atomic E-state index is 12.9. The van der Waals surface area contributed by atoms with Crippen molar-refractivity contribution >= 4 is 22.0 Å². The molecule has 0 N–H and O–H groups in total. The molecule has 5 nitrogen and oxygen atoms in total. The van der Waals surface area contributed by atoms with Crippen LogP contribution in [-0.2, 0) is 14.8 Å². The van der Waals surface area contributed by atoms with Gasteiger partial charge >= 0.3 is 0 Å². The van der Waals surface area contributed by atoms with Gasteiger partial charge in [0.25, 0.3) is 0 Å². The molecule has 1 aliphatic heterocycles. The molecule has 154 valence electrons. The second-order valence-corrected chi connectivity index (χ2v) is 9.29. The SMILES string of the molecule is CC(c1ccccc1)N(C)C(=O)C1CCN(S(=O)(=O)/C=C/c2ccccc2)CC1. The molecule has 1 atom stereocenters. The van der Waals surface area contributed by atoms with Crippen molar-refractivity contribution in [3.8, 4) is 0 Å². The van der Waals surface area contributed by atoms with Crippen LogP contribution < -0.4 is 0 Å². The Bertz CT molecular complexity index is 935. The smallest absolute Gasteiger partial charge is 0.236 e. The van der Waals surface area contributed by atoms with Crippen molar-refractivity contribution in [3.63, 3.8) is 0 Å². The normalized spacial score (nSPS) is 17.3. The molecule has 1 saturated heterocycles. The zero-order chi connectivity index (χ0) is 20.9. The summed E-state index contributed by atoms with van der Waals surface area (Å²) in [6.07, 6.45) is 2.70. The zero-order valence-electron chi connectivity index (χ0n) is 16.9. The van der Waals surface area contributed by atoms with Crippen LogP contribution in [0, 0.1) is 5.92 Å². The minimum Gasteiger partial charge on any atom is -0.339 e. The van der Waals surface area contributed by atoms with Gasteiger partial charge in [0, 0.05) is 31.5 Å². The molecule has 2 aromatic rings. The van der Waals surface area contributed by atoms with E-state index in [0.29, 0.717) is 25.9 Å². The highest BCUT2D eigenvalue weighted by Crippen LogP contribution is 2.26. The van der Waals surface area contributed by atoms with Crippen LogP contribution in [0.3, 0.4) is 0 Å². The van der Waals surface area contributed by atoms with Gasteiger partial charge in [-0.2, -0.15) is 4.31 Å². The lowest BCUT2D eigenvalue weighted by Crippen LogP contribution is -2.43. The number of hydrogen-bond acceptors (Lipinski definition) is 3. The summed E-state index contributed by atoms with van der Waals surface area (Å²) in [5.74, 6) is -0.0612. The van der Waals surface area contributed by atoms with Crippen LogP contribution in [-0.4, -0.2) is 43.7 Å². The van der Waals surface area contributed by atoms with Gasteiger partial charge in [0.1, 0.15) is 0 Å². The van der Waals surface area contributed by atoms with Gasteiger partial charge in [-0.25, -0.2) is 8.42 Å². The topological polar surface area (TPSA) is 57.7 Å². The monoisotopic (exact) mass is 412 g/mol. The number of piperidine rings is 1. The number of carbonyl (C=O) groups excluding carboxylic acids is 1. The molecule has 2 aromatic carbocycles. The van der Waals surface area contributed by atoms with E-state index in [1.165, 1.54) is 9.71 Å². The molecule has 0 aliphatic carbocycles. The van der Waals surface area contributed by atoms with Gasteiger partial charge in [-0.1, -0.05) is 60.7 Å². The predicted octanol–water partition coefficient (Wildman–Crippen LogP) is 3.92. The van der Waals surface area contributed by atoms with Crippen molar-refractivity contribution in [2.24, 2.45) is 5.92 Å². The van der Waals surface area contributed by atoms with E-state index in [9.17, 15) is 13.2 Å². The molecule has 0 bridgehead atoms. The first-order valence-electron chi connectivity index (χ1n) is 9.93. The molecule has 29 heavy (non-hydrogen) atoms. The number of carbonyl (C=O) groups is 1. The Balaban J connectivity index is 1.58. The van der Waals surface area contributed by atoms with Gasteiger partial charge in [-0.15, -0.1) is 0 Å². The molecule has 1 unspecified atom stereocenters. The van der Waals surface area contributed by atoms with E-state index < -0.39 is 10.0 Å². The van der Waals surface area contributed by atoms with E-state index in [1.807, 2.05) is 74.6 Å². The van der Waals surface area contributed by atoms with Crippen molar-refractivity contribution in [1.82, 2.24) is 9.21 Å². The summed E-state index contributed by atoms with van der Waals surface area (Å²) in [5, 5.41) is 1.26. The van der Waals surface area contributed by atoms with Crippen molar-refractivity contribution in [1.29, 1.82) is 0 Å². The van der Waals surface area contributed by atoms with Gasteiger partial charge < -0.3 is 4.90 Å². The third kappa shape index (κ3) is 5.34. The van der Waals surface area contributed by atoms with E-state index >= 15 is 0 Å². The summed E-state index contributed by atoms with van der Waals surface area (Å²) in [5.41, 5.74) is 1.94. The van der Waals surface area contributed by atoms with Crippen LogP contribution in [0.15, 0.2) is 66.1 Å². The fraction of sp³-hybridized carbons (Fsp3) is 0.348. The number of benzene rings is 2. The maximum Gasteiger partial charge on any atom is 0.236 e. The highest BCUT2D eigenvalue weighted by molar-refractivity contribution is 7.92. The molecule has 6 heteroatoms. The molecule has 0 aromatic heterocycles. The lowest BCUT2D eigenvalue weighted by Gasteiger charge is -2.34. The Morgan fingerprint density at radius 1 is 1.03 bits per heavy atom. The molecule has 0 radical (unpaired) electrons. The highest BCUT2D eigenvalue weighted by atomic mass is 32.2. The molecular formula is C23H28N2O3S. The van der Waals surface area contributed by atoms with Crippen LogP contribution in [0.4, 0.5) is 0 Å². The van der Waals surface area contributed by atoms with Gasteiger partial charge in [0.15, 0.2) is 0 Å². The first-order chi connectivity index (χ1) is 13.9. The summed E-state index contributed by atoms with van der Waals surface area (Å²) in [6, 6.07) is 19.3. The van der Waals surface area contributed by atoms with E-state index in [1.54, 1.807) is 11.0 Å². The molecular weight excluding hydrogens is 384 g/mol. The van der Waals surface area contributed by atoms with E-state index in [-0.39, 0.29) is 17.9 Å². The van der Waals surface area contributed by atoms with Gasteiger partial charge in [0.2, 0.25) is 15.9 Å². The van der Waals surface area contributed by atoms with Crippen LogP contribution >= 0.6 is 0 Å². The van der Waals surface area contributed by atoms with Crippen LogP contribution in [0.1, 0.15) is 36.9 Å². The number of amides is 1. The first kappa shape index (κ1) is 21.3. The Hall–Kier alpha value is -2.44. The van der Waals surface area contributed by atoms with Crippen LogP contribution in [0.5, 0.6) is 0 Å². The minimum atomic E-state index is -3.48.